The van der Waals surface area contributed by atoms with E-state index in [4.69, 9.17) is 4.74 Å². The van der Waals surface area contributed by atoms with E-state index in [1.807, 2.05) is 37.4 Å². The van der Waals surface area contributed by atoms with Crippen molar-refractivity contribution in [2.45, 2.75) is 56.7 Å². The normalized spacial score (nSPS) is 25.3. The molecule has 11 heteroatoms. The van der Waals surface area contributed by atoms with E-state index in [0.29, 0.717) is 35.5 Å². The number of benzene rings is 2. The maximum atomic E-state index is 16.1. The molecule has 0 saturated carbocycles. The van der Waals surface area contributed by atoms with Gasteiger partial charge in [0.25, 0.3) is 11.8 Å². The number of nitrogens with one attached hydrogen (secondary N) is 2. The molecule has 2 fully saturated rings. The molecule has 1 unspecified atom stereocenters. The molecule has 41 heavy (non-hydrogen) atoms. The van der Waals surface area contributed by atoms with E-state index in [1.54, 1.807) is 17.0 Å². The zero-order chi connectivity index (χ0) is 28.5. The van der Waals surface area contributed by atoms with E-state index in [1.165, 1.54) is 4.90 Å². The van der Waals surface area contributed by atoms with Gasteiger partial charge in [0.05, 0.1) is 24.2 Å². The Bertz CT molecular complexity index is 1600. The Morgan fingerprint density at radius 2 is 2.00 bits per heavy atom. The van der Waals surface area contributed by atoms with Crippen molar-refractivity contribution in [2.75, 3.05) is 19.7 Å². The minimum Gasteiger partial charge on any atom is -0.492 e. The van der Waals surface area contributed by atoms with Crippen molar-refractivity contribution in [1.29, 1.82) is 0 Å². The SMILES string of the molecule is Cc1n[nH]cc1-c1cccc(CN2CCC3(COc4c3ccc3c4CN([C@H]4CCC(=O)NC4=O)C3=O)C(F)(F)C2)c1. The lowest BCUT2D eigenvalue weighted by molar-refractivity contribution is -0.137. The van der Waals surface area contributed by atoms with Crippen molar-refractivity contribution >= 4 is 17.7 Å². The van der Waals surface area contributed by atoms with E-state index < -0.39 is 29.8 Å². The molecule has 2 saturated heterocycles. The van der Waals surface area contributed by atoms with Crippen LogP contribution >= 0.6 is 0 Å². The number of imide groups is 1. The van der Waals surface area contributed by atoms with Gasteiger partial charge in [0, 0.05) is 41.4 Å². The Morgan fingerprint density at radius 3 is 2.76 bits per heavy atom. The number of ether oxygens (including phenoxy) is 1. The average Bonchev–Trinajstić information content (AvgIpc) is 3.63. The molecule has 2 N–H and O–H groups in total. The van der Waals surface area contributed by atoms with Crippen LogP contribution in [0.5, 0.6) is 5.75 Å². The average molecular weight is 562 g/mol. The summed E-state index contributed by atoms with van der Waals surface area (Å²) in [6.07, 6.45) is 2.41. The number of carbonyl (C=O) groups excluding carboxylic acids is 3. The number of hydrogen-bond acceptors (Lipinski definition) is 6. The van der Waals surface area contributed by atoms with Crippen molar-refractivity contribution in [2.24, 2.45) is 0 Å². The zero-order valence-corrected chi connectivity index (χ0v) is 22.5. The molecule has 9 nitrogen and oxygen atoms in total. The molecule has 1 aromatic heterocycles. The van der Waals surface area contributed by atoms with E-state index in [9.17, 15) is 14.4 Å². The summed E-state index contributed by atoms with van der Waals surface area (Å²) in [6, 6.07) is 10.3. The Labute approximate surface area is 234 Å². The van der Waals surface area contributed by atoms with Crippen LogP contribution in [0, 0.1) is 6.92 Å². The number of piperidine rings is 2. The van der Waals surface area contributed by atoms with Crippen LogP contribution in [0.3, 0.4) is 0 Å². The second kappa shape index (κ2) is 9.20. The molecule has 4 aliphatic rings. The maximum Gasteiger partial charge on any atom is 0.273 e. The molecule has 4 aliphatic heterocycles. The number of nitrogens with zero attached hydrogens (tertiary/aromatic N) is 3. The number of fused-ring (bicyclic) bond motifs is 4. The molecule has 1 spiro atoms. The number of hydrogen-bond donors (Lipinski definition) is 2. The predicted molar refractivity (Wildman–Crippen MR) is 143 cm³/mol. The van der Waals surface area contributed by atoms with Gasteiger partial charge in [-0.15, -0.1) is 0 Å². The molecule has 2 aromatic carbocycles. The molecule has 3 amide bonds. The third-order valence-electron chi connectivity index (χ3n) is 9.10. The van der Waals surface area contributed by atoms with Gasteiger partial charge in [-0.3, -0.25) is 29.7 Å². The first-order valence-electron chi connectivity index (χ1n) is 13.8. The standard InChI is InChI=1S/C30H29F2N5O4/c1-17-21(12-33-35-17)19-4-2-3-18(11-19)13-36-10-9-29(30(31,32)15-36)16-41-26-22-14-37(24-7-8-25(38)34-27(24)39)28(40)20(22)5-6-23(26)29/h2-6,11-12,24H,7-10,13-16H2,1H3,(H,33,35)(H,34,38,39)/t24-,29?/m0/s1. The van der Waals surface area contributed by atoms with Crippen molar-refractivity contribution < 1.29 is 27.9 Å². The van der Waals surface area contributed by atoms with E-state index >= 15 is 8.78 Å². The van der Waals surface area contributed by atoms with E-state index in [2.05, 4.69) is 15.5 Å². The third kappa shape index (κ3) is 3.97. The highest BCUT2D eigenvalue weighted by Gasteiger charge is 2.62. The van der Waals surface area contributed by atoms with Gasteiger partial charge < -0.3 is 9.64 Å². The number of amides is 3. The van der Waals surface area contributed by atoms with E-state index in [-0.39, 0.29) is 44.2 Å². The zero-order valence-electron chi connectivity index (χ0n) is 22.5. The Morgan fingerprint density at radius 1 is 1.15 bits per heavy atom. The number of likely N-dealkylation sites (tertiary alicyclic amines) is 1. The summed E-state index contributed by atoms with van der Waals surface area (Å²) in [5, 5.41) is 9.33. The van der Waals surface area contributed by atoms with Gasteiger partial charge in [-0.05, 0) is 49.6 Å². The van der Waals surface area contributed by atoms with Crippen molar-refractivity contribution in [3.05, 3.63) is 70.5 Å². The molecule has 3 aromatic rings. The van der Waals surface area contributed by atoms with Crippen molar-refractivity contribution in [3.8, 4) is 16.9 Å². The monoisotopic (exact) mass is 561 g/mol. The second-order valence-corrected chi connectivity index (χ2v) is 11.5. The van der Waals surface area contributed by atoms with Gasteiger partial charge >= 0.3 is 0 Å². The van der Waals surface area contributed by atoms with Gasteiger partial charge in [-0.1, -0.05) is 24.3 Å². The highest BCUT2D eigenvalue weighted by atomic mass is 19.3. The molecule has 0 radical (unpaired) electrons. The summed E-state index contributed by atoms with van der Waals surface area (Å²) >= 11 is 0. The maximum absolute atomic E-state index is 16.1. The molecule has 212 valence electrons. The molecule has 7 rings (SSSR count). The summed E-state index contributed by atoms with van der Waals surface area (Å²) in [5.41, 5.74) is 3.63. The largest absolute Gasteiger partial charge is 0.492 e. The Balaban J connectivity index is 1.12. The van der Waals surface area contributed by atoms with Gasteiger partial charge in [-0.25, -0.2) is 8.78 Å². The number of H-pyrrole nitrogens is 1. The Kier molecular flexibility index (Phi) is 5.79. The van der Waals surface area contributed by atoms with Crippen LogP contribution in [0.15, 0.2) is 42.6 Å². The van der Waals surface area contributed by atoms with Crippen LogP contribution in [-0.4, -0.2) is 69.4 Å². The third-order valence-corrected chi connectivity index (χ3v) is 9.10. The fraction of sp³-hybridized carbons (Fsp3) is 0.400. The van der Waals surface area contributed by atoms with Crippen molar-refractivity contribution in [1.82, 2.24) is 25.3 Å². The first kappa shape index (κ1) is 25.8. The second-order valence-electron chi connectivity index (χ2n) is 11.5. The quantitative estimate of drug-likeness (QED) is 0.474. The first-order valence-corrected chi connectivity index (χ1v) is 13.8. The number of aromatic nitrogens is 2. The lowest BCUT2D eigenvalue weighted by Crippen LogP contribution is -2.58. The lowest BCUT2D eigenvalue weighted by Gasteiger charge is -2.44. The number of aryl methyl sites for hydroxylation is 1. The van der Waals surface area contributed by atoms with Crippen LogP contribution in [-0.2, 0) is 28.1 Å². The highest BCUT2D eigenvalue weighted by molar-refractivity contribution is 6.05. The van der Waals surface area contributed by atoms with Crippen LogP contribution < -0.4 is 10.1 Å². The number of rotatable bonds is 4. The van der Waals surface area contributed by atoms with Crippen molar-refractivity contribution in [3.63, 3.8) is 0 Å². The molecular weight excluding hydrogens is 532 g/mol. The summed E-state index contributed by atoms with van der Waals surface area (Å²) in [6.45, 7) is 2.28. The number of halogens is 2. The molecule has 2 atom stereocenters. The number of alkyl halides is 2. The van der Waals surface area contributed by atoms with E-state index in [0.717, 1.165) is 22.4 Å². The predicted octanol–water partition coefficient (Wildman–Crippen LogP) is 3.32. The fourth-order valence-corrected chi connectivity index (χ4v) is 6.86. The van der Waals surface area contributed by atoms with Gasteiger partial charge in [0.2, 0.25) is 11.8 Å². The minimum atomic E-state index is -3.07. The number of carbonyl (C=O) groups is 3. The first-order chi connectivity index (χ1) is 19.7. The van der Waals surface area contributed by atoms with Gasteiger partial charge in [-0.2, -0.15) is 5.10 Å². The molecule has 5 heterocycles. The summed E-state index contributed by atoms with van der Waals surface area (Å²) in [7, 11) is 0. The summed E-state index contributed by atoms with van der Waals surface area (Å²) in [4.78, 5) is 40.4. The van der Waals surface area contributed by atoms with Gasteiger partial charge in [0.15, 0.2) is 0 Å². The van der Waals surface area contributed by atoms with Crippen LogP contribution in [0.1, 0.15) is 52.0 Å². The summed E-state index contributed by atoms with van der Waals surface area (Å²) < 4.78 is 38.3. The van der Waals surface area contributed by atoms with Gasteiger partial charge in [0.1, 0.15) is 18.4 Å². The van der Waals surface area contributed by atoms with Crippen LogP contribution in [0.25, 0.3) is 11.1 Å². The number of aromatic amines is 1. The highest BCUT2D eigenvalue weighted by Crippen LogP contribution is 2.55. The fourth-order valence-electron chi connectivity index (χ4n) is 6.86. The topological polar surface area (TPSA) is 108 Å². The summed E-state index contributed by atoms with van der Waals surface area (Å²) in [5.74, 6) is -3.97. The minimum absolute atomic E-state index is 0.0872. The lowest BCUT2D eigenvalue weighted by atomic mass is 9.71. The smallest absolute Gasteiger partial charge is 0.273 e. The molecule has 0 bridgehead atoms. The van der Waals surface area contributed by atoms with Crippen LogP contribution in [0.4, 0.5) is 8.78 Å². The molecule has 0 aliphatic carbocycles. The Hall–Kier alpha value is -4.12. The molecular formula is C30H29F2N5O4. The van der Waals surface area contributed by atoms with Crippen LogP contribution in [0.2, 0.25) is 0 Å².